The van der Waals surface area contributed by atoms with E-state index in [1.807, 2.05) is 36.4 Å². The zero-order valence-electron chi connectivity index (χ0n) is 17.0. The van der Waals surface area contributed by atoms with Gasteiger partial charge >= 0.3 is 5.97 Å². The molecular weight excluding hydrogens is 388 g/mol. The molecule has 164 valence electrons. The Labute approximate surface area is 176 Å². The highest BCUT2D eigenvalue weighted by Gasteiger charge is 2.41. The van der Waals surface area contributed by atoms with Gasteiger partial charge in [-0.25, -0.2) is 0 Å². The van der Waals surface area contributed by atoms with Gasteiger partial charge in [-0.3, -0.25) is 9.59 Å². The molecule has 30 heavy (non-hydrogen) atoms. The van der Waals surface area contributed by atoms with Crippen LogP contribution in [0.15, 0.2) is 36.4 Å². The van der Waals surface area contributed by atoms with Crippen molar-refractivity contribution in [2.24, 2.45) is 11.8 Å². The zero-order valence-corrected chi connectivity index (χ0v) is 17.0. The average Bonchev–Trinajstić information content (AvgIpc) is 3.00. The molecule has 5 atom stereocenters. The molecule has 0 bridgehead atoms. The molecule has 1 aromatic rings. The maximum atomic E-state index is 12.3. The smallest absolute Gasteiger partial charge is 0.303 e. The van der Waals surface area contributed by atoms with Gasteiger partial charge in [-0.2, -0.15) is 0 Å². The first-order chi connectivity index (χ1) is 14.5. The number of aliphatic hydroxyl groups is 2. The molecule has 1 aliphatic carbocycles. The first-order valence-corrected chi connectivity index (χ1v) is 10.6. The first-order valence-electron chi connectivity index (χ1n) is 10.6. The summed E-state index contributed by atoms with van der Waals surface area (Å²) in [5, 5.41) is 29.5. The van der Waals surface area contributed by atoms with Gasteiger partial charge in [0.25, 0.3) is 0 Å². The number of ketones is 1. The number of carbonyl (C=O) groups excluding carboxylic acids is 1. The molecule has 0 unspecified atom stereocenters. The second kappa shape index (κ2) is 10.7. The lowest BCUT2D eigenvalue weighted by molar-refractivity contribution is -0.168. The number of Topliss-reactive ketones (excluding diaryl/α,β-unsaturated/α-hetero) is 1. The highest BCUT2D eigenvalue weighted by atomic mass is 16.7. The molecule has 3 rings (SSSR count). The van der Waals surface area contributed by atoms with Crippen LogP contribution in [0.25, 0.3) is 0 Å². The van der Waals surface area contributed by atoms with Crippen molar-refractivity contribution in [3.63, 3.8) is 0 Å². The fourth-order valence-electron chi connectivity index (χ4n) is 4.21. The molecule has 1 aromatic carbocycles. The summed E-state index contributed by atoms with van der Waals surface area (Å²) >= 11 is 0. The Kier molecular flexibility index (Phi) is 8.01. The maximum Gasteiger partial charge on any atom is 0.303 e. The fraction of sp³-hybridized carbons (Fsp3) is 0.565. The van der Waals surface area contributed by atoms with Crippen LogP contribution >= 0.6 is 0 Å². The second-order valence-corrected chi connectivity index (χ2v) is 8.05. The van der Waals surface area contributed by atoms with E-state index < -0.39 is 24.5 Å². The number of carboxylic acids is 1. The van der Waals surface area contributed by atoms with Crippen molar-refractivity contribution in [1.82, 2.24) is 0 Å². The van der Waals surface area contributed by atoms with Crippen LogP contribution in [-0.2, 0) is 20.9 Å². The van der Waals surface area contributed by atoms with E-state index >= 15 is 0 Å². The SMILES string of the molecule is O=C(O)CCCC=CC[C@H]1C(=O)C[C@@H](O)[C@@H]1CC[C@@H](O)[C@@H]1OCc2ccccc2O1. The van der Waals surface area contributed by atoms with Crippen molar-refractivity contribution >= 4 is 11.8 Å². The molecule has 1 aliphatic heterocycles. The molecule has 1 saturated carbocycles. The van der Waals surface area contributed by atoms with Crippen LogP contribution in [0.3, 0.4) is 0 Å². The van der Waals surface area contributed by atoms with Gasteiger partial charge in [0, 0.05) is 24.3 Å². The predicted molar refractivity (Wildman–Crippen MR) is 109 cm³/mol. The van der Waals surface area contributed by atoms with Crippen molar-refractivity contribution in [3.05, 3.63) is 42.0 Å². The minimum Gasteiger partial charge on any atom is -0.481 e. The van der Waals surface area contributed by atoms with Crippen LogP contribution in [0.1, 0.15) is 50.5 Å². The van der Waals surface area contributed by atoms with E-state index in [1.54, 1.807) is 0 Å². The number of aliphatic carboxylic acids is 1. The number of ether oxygens (including phenoxy) is 2. The van der Waals surface area contributed by atoms with Crippen molar-refractivity contribution < 1.29 is 34.4 Å². The zero-order chi connectivity index (χ0) is 21.5. The molecule has 0 aromatic heterocycles. The van der Waals surface area contributed by atoms with Gasteiger partial charge in [-0.1, -0.05) is 30.4 Å². The van der Waals surface area contributed by atoms with Crippen molar-refractivity contribution in [1.29, 1.82) is 0 Å². The highest BCUT2D eigenvalue weighted by molar-refractivity contribution is 5.84. The van der Waals surface area contributed by atoms with Crippen LogP contribution in [-0.4, -0.2) is 45.6 Å². The third kappa shape index (κ3) is 5.90. The molecule has 7 nitrogen and oxygen atoms in total. The van der Waals surface area contributed by atoms with Gasteiger partial charge in [0.1, 0.15) is 17.6 Å². The van der Waals surface area contributed by atoms with Gasteiger partial charge in [-0.15, -0.1) is 0 Å². The molecule has 1 heterocycles. The normalized spacial score (nSPS) is 27.1. The van der Waals surface area contributed by atoms with Crippen LogP contribution in [0, 0.1) is 11.8 Å². The number of hydrogen-bond donors (Lipinski definition) is 3. The summed E-state index contributed by atoms with van der Waals surface area (Å²) in [6.07, 6.45) is 4.34. The summed E-state index contributed by atoms with van der Waals surface area (Å²) < 4.78 is 11.4. The maximum absolute atomic E-state index is 12.3. The lowest BCUT2D eigenvalue weighted by atomic mass is 9.86. The number of benzene rings is 1. The van der Waals surface area contributed by atoms with E-state index in [-0.39, 0.29) is 30.5 Å². The number of carbonyl (C=O) groups is 2. The van der Waals surface area contributed by atoms with Gasteiger partial charge in [0.2, 0.25) is 6.29 Å². The molecule has 2 aliphatic rings. The Morgan fingerprint density at radius 1 is 1.27 bits per heavy atom. The summed E-state index contributed by atoms with van der Waals surface area (Å²) in [6.45, 7) is 0.373. The summed E-state index contributed by atoms with van der Waals surface area (Å²) in [7, 11) is 0. The Hall–Kier alpha value is -2.22. The summed E-state index contributed by atoms with van der Waals surface area (Å²) in [5.74, 6) is -0.569. The number of carboxylic acid groups (broad SMARTS) is 1. The van der Waals surface area contributed by atoms with Crippen LogP contribution < -0.4 is 4.74 Å². The number of fused-ring (bicyclic) bond motifs is 1. The van der Waals surface area contributed by atoms with Crippen LogP contribution in [0.5, 0.6) is 5.75 Å². The van der Waals surface area contributed by atoms with E-state index in [1.165, 1.54) is 0 Å². The summed E-state index contributed by atoms with van der Waals surface area (Å²) in [4.78, 5) is 22.8. The number of rotatable bonds is 10. The molecule has 0 spiro atoms. The predicted octanol–water partition coefficient (Wildman–Crippen LogP) is 2.83. The Morgan fingerprint density at radius 3 is 2.87 bits per heavy atom. The topological polar surface area (TPSA) is 113 Å². The standard InChI is InChI=1S/C23H30O7/c24-18(23-29-14-15-7-5-6-9-21(15)30-23)12-11-17-16(19(25)13-20(17)26)8-3-1-2-4-10-22(27)28/h1,3,5-7,9,16-18,20,23-24,26H,2,4,8,10-14H2,(H,27,28)/t16-,17-,18-,20-,23-/m1/s1. The summed E-state index contributed by atoms with van der Waals surface area (Å²) in [6, 6.07) is 7.53. The molecule has 0 saturated heterocycles. The Balaban J connectivity index is 1.48. The van der Waals surface area contributed by atoms with Gasteiger partial charge in [0.15, 0.2) is 0 Å². The Morgan fingerprint density at radius 2 is 2.07 bits per heavy atom. The van der Waals surface area contributed by atoms with E-state index in [9.17, 15) is 19.8 Å². The minimum atomic E-state index is -0.853. The lowest BCUT2D eigenvalue weighted by Crippen LogP contribution is -2.37. The number of unbranched alkanes of at least 4 members (excludes halogenated alkanes) is 1. The third-order valence-corrected chi connectivity index (χ3v) is 5.88. The molecule has 1 fully saturated rings. The lowest BCUT2D eigenvalue weighted by Gasteiger charge is -2.30. The summed E-state index contributed by atoms with van der Waals surface area (Å²) in [5.41, 5.74) is 0.938. The van der Waals surface area contributed by atoms with Gasteiger partial charge < -0.3 is 24.8 Å². The van der Waals surface area contributed by atoms with E-state index in [0.29, 0.717) is 44.5 Å². The molecule has 0 amide bonds. The molecule has 7 heteroatoms. The molecule has 3 N–H and O–H groups in total. The van der Waals surface area contributed by atoms with Crippen LogP contribution in [0.4, 0.5) is 0 Å². The number of hydrogen-bond acceptors (Lipinski definition) is 6. The fourth-order valence-corrected chi connectivity index (χ4v) is 4.21. The molecular formula is C23H30O7. The third-order valence-electron chi connectivity index (χ3n) is 5.88. The second-order valence-electron chi connectivity index (χ2n) is 8.05. The van der Waals surface area contributed by atoms with Crippen molar-refractivity contribution in [3.8, 4) is 5.75 Å². The monoisotopic (exact) mass is 418 g/mol. The average molecular weight is 418 g/mol. The quantitative estimate of drug-likeness (QED) is 0.395. The highest BCUT2D eigenvalue weighted by Crippen LogP contribution is 2.36. The van der Waals surface area contributed by atoms with Crippen molar-refractivity contribution in [2.45, 2.75) is 70.1 Å². The van der Waals surface area contributed by atoms with E-state index in [2.05, 4.69) is 0 Å². The largest absolute Gasteiger partial charge is 0.481 e. The number of para-hydroxylation sites is 1. The van der Waals surface area contributed by atoms with E-state index in [0.717, 1.165) is 5.56 Å². The minimum absolute atomic E-state index is 0.0382. The number of aliphatic hydroxyl groups excluding tert-OH is 2. The number of allylic oxidation sites excluding steroid dienone is 2. The van der Waals surface area contributed by atoms with Crippen LogP contribution in [0.2, 0.25) is 0 Å². The van der Waals surface area contributed by atoms with Gasteiger partial charge in [-0.05, 0) is 44.1 Å². The van der Waals surface area contributed by atoms with Crippen molar-refractivity contribution in [2.75, 3.05) is 0 Å². The van der Waals surface area contributed by atoms with Gasteiger partial charge in [0.05, 0.1) is 12.7 Å². The molecule has 0 radical (unpaired) electrons. The van der Waals surface area contributed by atoms with E-state index in [4.69, 9.17) is 14.6 Å². The Bertz CT molecular complexity index is 760. The first kappa shape index (κ1) is 22.5.